The van der Waals surface area contributed by atoms with Crippen molar-refractivity contribution < 1.29 is 63.1 Å². The number of carbonyl (C=O) groups is 2. The Hall–Kier alpha value is -2.19. The van der Waals surface area contributed by atoms with Crippen LogP contribution in [0.1, 0.15) is 142 Å². The molecule has 0 aromatic rings. The Kier molecular flexibility index (Phi) is 29.4. The van der Waals surface area contributed by atoms with E-state index in [1.165, 1.54) is 44.9 Å². The van der Waals surface area contributed by atoms with Gasteiger partial charge in [-0.05, 0) is 51.4 Å². The van der Waals surface area contributed by atoms with Crippen molar-refractivity contribution in [2.75, 3.05) is 13.2 Å². The third kappa shape index (κ3) is 24.9. The van der Waals surface area contributed by atoms with Gasteiger partial charge in [0.05, 0.1) is 6.61 Å². The summed E-state index contributed by atoms with van der Waals surface area (Å²) in [5.74, 6) is -1.17. The molecule has 6 unspecified atom stereocenters. The Morgan fingerprint density at radius 3 is 1.55 bits per heavy atom. The fourth-order valence-electron chi connectivity index (χ4n) is 5.81. The molecule has 0 aromatic carbocycles. The Morgan fingerprint density at radius 1 is 0.564 bits per heavy atom. The Bertz CT molecular complexity index is 1160. The normalized spacial score (nSPS) is 23.6. The Balaban J connectivity index is 2.54. The van der Waals surface area contributed by atoms with Crippen LogP contribution in [0.5, 0.6) is 0 Å². The molecule has 6 N–H and O–H groups in total. The zero-order valence-electron chi connectivity index (χ0n) is 33.2. The minimum absolute atomic E-state index is 0.0845. The second kappa shape index (κ2) is 31.8. The fourth-order valence-corrected chi connectivity index (χ4v) is 6.78. The maximum atomic E-state index is 12.7. The number of hydrogen-bond acceptors (Lipinski definition) is 12. The highest BCUT2D eigenvalue weighted by molar-refractivity contribution is 7.47. The molecule has 1 rings (SSSR count). The van der Waals surface area contributed by atoms with Crippen LogP contribution in [0.4, 0.5) is 0 Å². The van der Waals surface area contributed by atoms with Crippen LogP contribution in [-0.4, -0.2) is 98.3 Å². The predicted octanol–water partition coefficient (Wildman–Crippen LogP) is 6.83. The van der Waals surface area contributed by atoms with E-state index in [9.17, 15) is 44.6 Å². The van der Waals surface area contributed by atoms with Crippen LogP contribution < -0.4 is 0 Å². The lowest BCUT2D eigenvalue weighted by molar-refractivity contribution is -0.220. The quantitative estimate of drug-likeness (QED) is 0.0179. The molecule has 318 valence electrons. The Labute approximate surface area is 329 Å². The summed E-state index contributed by atoms with van der Waals surface area (Å²) in [6.07, 6.45) is 22.0. The first-order valence-electron chi connectivity index (χ1n) is 20.4. The summed E-state index contributed by atoms with van der Waals surface area (Å²) in [5.41, 5.74) is 0. The van der Waals surface area contributed by atoms with E-state index in [4.69, 9.17) is 18.5 Å². The zero-order valence-corrected chi connectivity index (χ0v) is 34.1. The fraction of sp³-hybridized carbons (Fsp3) is 0.756. The summed E-state index contributed by atoms with van der Waals surface area (Å²) in [6, 6.07) is 0. The lowest BCUT2D eigenvalue weighted by Crippen LogP contribution is -2.64. The summed E-state index contributed by atoms with van der Waals surface area (Å²) in [6.45, 7) is 3.16. The van der Waals surface area contributed by atoms with Gasteiger partial charge in [0.2, 0.25) is 0 Å². The number of aliphatic hydroxyl groups is 5. The lowest BCUT2D eigenvalue weighted by atomic mass is 9.85. The molecule has 0 heterocycles. The number of ether oxygens (including phenoxy) is 2. The molecule has 0 aliphatic heterocycles. The number of esters is 2. The van der Waals surface area contributed by atoms with Gasteiger partial charge >= 0.3 is 19.8 Å². The van der Waals surface area contributed by atoms with E-state index in [1.54, 1.807) is 0 Å². The average molecular weight is 803 g/mol. The summed E-state index contributed by atoms with van der Waals surface area (Å²) in [4.78, 5) is 35.4. The second-order valence-corrected chi connectivity index (χ2v) is 15.5. The van der Waals surface area contributed by atoms with Crippen LogP contribution in [0, 0.1) is 0 Å². The van der Waals surface area contributed by atoms with Gasteiger partial charge in [0.1, 0.15) is 43.2 Å². The first-order valence-corrected chi connectivity index (χ1v) is 21.9. The molecular weight excluding hydrogens is 731 g/mol. The molecule has 0 saturated heterocycles. The lowest BCUT2D eigenvalue weighted by Gasteiger charge is -2.41. The van der Waals surface area contributed by atoms with E-state index < -0.39 is 75.7 Å². The average Bonchev–Trinajstić information content (AvgIpc) is 3.16. The highest BCUT2D eigenvalue weighted by atomic mass is 31.2. The SMILES string of the molecule is CCCCC/C=C\C/C=C\C/C=C\C/C=C\CCCC(=O)OC[C@H](COP(=O)(O)OC1C(O)C(O)C(O)[C@@H](O)C1O)OC(=O)CCCCCCCCCCC. The van der Waals surface area contributed by atoms with Crippen LogP contribution in [0.15, 0.2) is 48.6 Å². The van der Waals surface area contributed by atoms with Gasteiger partial charge in [0, 0.05) is 12.8 Å². The van der Waals surface area contributed by atoms with E-state index >= 15 is 0 Å². The van der Waals surface area contributed by atoms with Crippen molar-refractivity contribution in [2.45, 2.75) is 185 Å². The van der Waals surface area contributed by atoms with Gasteiger partial charge in [-0.3, -0.25) is 18.6 Å². The number of carbonyl (C=O) groups excluding carboxylic acids is 2. The van der Waals surface area contributed by atoms with E-state index in [0.29, 0.717) is 19.3 Å². The molecule has 0 bridgehead atoms. The number of phosphoric ester groups is 1. The monoisotopic (exact) mass is 802 g/mol. The van der Waals surface area contributed by atoms with E-state index in [-0.39, 0.29) is 12.8 Å². The van der Waals surface area contributed by atoms with E-state index in [2.05, 4.69) is 50.3 Å². The van der Waals surface area contributed by atoms with Crippen molar-refractivity contribution in [3.8, 4) is 0 Å². The van der Waals surface area contributed by atoms with Crippen LogP contribution in [0.25, 0.3) is 0 Å². The first-order chi connectivity index (χ1) is 26.4. The molecule has 1 aliphatic carbocycles. The highest BCUT2D eigenvalue weighted by Gasteiger charge is 2.51. The molecule has 55 heavy (non-hydrogen) atoms. The molecule has 0 radical (unpaired) electrons. The summed E-state index contributed by atoms with van der Waals surface area (Å²) < 4.78 is 33.3. The largest absolute Gasteiger partial charge is 0.472 e. The standard InChI is InChI=1S/C41H71O13P/c1-3-5-7-9-11-13-14-15-16-17-18-19-20-22-23-25-27-29-34(42)51-31-33(53-35(43)30-28-26-24-21-12-10-8-6-4-2)32-52-55(49,50)54-41-39(47)37(45)36(44)38(46)40(41)48/h11,13,15-16,18-19,22-23,33,36-41,44-48H,3-10,12,14,17,20-21,24-32H2,1-2H3,(H,49,50)/b13-11-,16-15-,19-18-,23-22-/t33-,36?,37-,38?,39?,40?,41?/m1/s1. The molecule has 1 saturated carbocycles. The van der Waals surface area contributed by atoms with Gasteiger partial charge in [-0.15, -0.1) is 0 Å². The van der Waals surface area contributed by atoms with Crippen LogP contribution in [-0.2, 0) is 32.7 Å². The van der Waals surface area contributed by atoms with Gasteiger partial charge < -0.3 is 39.9 Å². The van der Waals surface area contributed by atoms with Crippen molar-refractivity contribution in [3.63, 3.8) is 0 Å². The minimum atomic E-state index is -5.12. The second-order valence-electron chi connectivity index (χ2n) is 14.1. The number of unbranched alkanes of at least 4 members (excludes halogenated alkanes) is 12. The Morgan fingerprint density at radius 2 is 1.00 bits per heavy atom. The smallest absolute Gasteiger partial charge is 0.462 e. The third-order valence-electron chi connectivity index (χ3n) is 9.17. The summed E-state index contributed by atoms with van der Waals surface area (Å²) in [7, 11) is -5.12. The molecule has 0 spiro atoms. The topological polar surface area (TPSA) is 210 Å². The number of allylic oxidation sites excluding steroid dienone is 8. The highest BCUT2D eigenvalue weighted by Crippen LogP contribution is 2.47. The van der Waals surface area contributed by atoms with E-state index in [1.807, 2.05) is 12.2 Å². The molecule has 1 aliphatic rings. The van der Waals surface area contributed by atoms with Crippen molar-refractivity contribution in [1.29, 1.82) is 0 Å². The third-order valence-corrected chi connectivity index (χ3v) is 10.2. The number of aliphatic hydroxyl groups excluding tert-OH is 5. The number of hydrogen-bond donors (Lipinski definition) is 6. The summed E-state index contributed by atoms with van der Waals surface area (Å²) >= 11 is 0. The predicted molar refractivity (Wildman–Crippen MR) is 212 cm³/mol. The number of rotatable bonds is 32. The summed E-state index contributed by atoms with van der Waals surface area (Å²) in [5, 5.41) is 49.9. The van der Waals surface area contributed by atoms with Crippen molar-refractivity contribution in [2.24, 2.45) is 0 Å². The molecule has 1 fully saturated rings. The molecular formula is C41H71O13P. The zero-order chi connectivity index (χ0) is 40.7. The van der Waals surface area contributed by atoms with Crippen LogP contribution in [0.3, 0.4) is 0 Å². The van der Waals surface area contributed by atoms with Crippen LogP contribution in [0.2, 0.25) is 0 Å². The van der Waals surface area contributed by atoms with Gasteiger partial charge in [-0.2, -0.15) is 0 Å². The maximum Gasteiger partial charge on any atom is 0.472 e. The van der Waals surface area contributed by atoms with Gasteiger partial charge in [-0.25, -0.2) is 4.57 Å². The van der Waals surface area contributed by atoms with Gasteiger partial charge in [0.25, 0.3) is 0 Å². The van der Waals surface area contributed by atoms with E-state index in [0.717, 1.165) is 51.4 Å². The maximum absolute atomic E-state index is 12.7. The molecule has 0 aromatic heterocycles. The van der Waals surface area contributed by atoms with Crippen LogP contribution >= 0.6 is 7.82 Å². The molecule has 13 nitrogen and oxygen atoms in total. The van der Waals surface area contributed by atoms with Crippen molar-refractivity contribution in [3.05, 3.63) is 48.6 Å². The molecule has 14 heteroatoms. The van der Waals surface area contributed by atoms with Gasteiger partial charge in [0.15, 0.2) is 6.10 Å². The van der Waals surface area contributed by atoms with Crippen molar-refractivity contribution >= 4 is 19.8 Å². The molecule has 0 amide bonds. The first kappa shape index (κ1) is 50.8. The number of phosphoric acid groups is 1. The van der Waals surface area contributed by atoms with Gasteiger partial charge in [-0.1, -0.05) is 127 Å². The minimum Gasteiger partial charge on any atom is -0.462 e. The molecule has 8 atom stereocenters. The van der Waals surface area contributed by atoms with Crippen molar-refractivity contribution in [1.82, 2.24) is 0 Å².